The summed E-state index contributed by atoms with van der Waals surface area (Å²) in [6, 6.07) is 17.1. The van der Waals surface area contributed by atoms with E-state index in [9.17, 15) is 14.4 Å². The van der Waals surface area contributed by atoms with Crippen molar-refractivity contribution in [2.24, 2.45) is 5.92 Å². The Kier molecular flexibility index (Phi) is 6.41. The second-order valence-corrected chi connectivity index (χ2v) is 7.40. The maximum absolute atomic E-state index is 12.3. The first-order valence-corrected chi connectivity index (χ1v) is 10.2. The fourth-order valence-corrected chi connectivity index (χ4v) is 2.97. The molecule has 0 aliphatic heterocycles. The van der Waals surface area contributed by atoms with E-state index in [-0.39, 0.29) is 30.2 Å². The van der Waals surface area contributed by atoms with Gasteiger partial charge in [-0.2, -0.15) is 0 Å². The number of hydrogen-bond donors (Lipinski definition) is 3. The number of aromatic nitrogens is 1. The summed E-state index contributed by atoms with van der Waals surface area (Å²) in [6.45, 7) is -0.202. The first-order valence-electron chi connectivity index (χ1n) is 10.2. The molecule has 1 aliphatic rings. The van der Waals surface area contributed by atoms with E-state index in [1.165, 1.54) is 6.20 Å². The van der Waals surface area contributed by atoms with Crippen LogP contribution < -0.4 is 20.7 Å². The number of nitrogens with zero attached hydrogens (tertiary/aromatic N) is 1. The van der Waals surface area contributed by atoms with Crippen LogP contribution in [0.1, 0.15) is 23.2 Å². The Morgan fingerprint density at radius 1 is 0.875 bits per heavy atom. The second kappa shape index (κ2) is 9.74. The van der Waals surface area contributed by atoms with Gasteiger partial charge in [-0.25, -0.2) is 0 Å². The highest BCUT2D eigenvalue weighted by Gasteiger charge is 2.29. The predicted molar refractivity (Wildman–Crippen MR) is 121 cm³/mol. The number of pyridine rings is 1. The van der Waals surface area contributed by atoms with Crippen molar-refractivity contribution in [1.29, 1.82) is 0 Å². The number of carbonyl (C=O) groups excluding carboxylic acids is 3. The number of amides is 3. The smallest absolute Gasteiger partial charge is 0.262 e. The Hall–Kier alpha value is -4.20. The van der Waals surface area contributed by atoms with Gasteiger partial charge in [-0.1, -0.05) is 12.1 Å². The first kappa shape index (κ1) is 21.0. The largest absolute Gasteiger partial charge is 0.484 e. The molecule has 0 unspecified atom stereocenters. The standard InChI is InChI=1S/C24H22N4O4/c29-22(15-32-21-8-2-7-20(13-21)28-23(30)16-9-10-16)26-18-5-1-6-19(12-18)27-24(31)17-4-3-11-25-14-17/h1-8,11-14,16H,9-10,15H2,(H,26,29)(H,27,31)(H,28,30). The molecule has 4 rings (SSSR count). The molecule has 1 saturated carbocycles. The average Bonchev–Trinajstić information content (AvgIpc) is 3.65. The van der Waals surface area contributed by atoms with E-state index < -0.39 is 0 Å². The highest BCUT2D eigenvalue weighted by molar-refractivity contribution is 6.04. The molecule has 8 heteroatoms. The van der Waals surface area contributed by atoms with E-state index in [2.05, 4.69) is 20.9 Å². The Balaban J connectivity index is 1.29. The van der Waals surface area contributed by atoms with Crippen LogP contribution in [0.25, 0.3) is 0 Å². The number of hydrogen-bond acceptors (Lipinski definition) is 5. The highest BCUT2D eigenvalue weighted by Crippen LogP contribution is 2.30. The van der Waals surface area contributed by atoms with Gasteiger partial charge in [0, 0.05) is 41.4 Å². The van der Waals surface area contributed by atoms with Crippen molar-refractivity contribution in [3.63, 3.8) is 0 Å². The van der Waals surface area contributed by atoms with E-state index in [0.29, 0.717) is 28.4 Å². The van der Waals surface area contributed by atoms with Crippen molar-refractivity contribution in [2.45, 2.75) is 12.8 Å². The van der Waals surface area contributed by atoms with Crippen molar-refractivity contribution < 1.29 is 19.1 Å². The summed E-state index contributed by atoms with van der Waals surface area (Å²) < 4.78 is 5.55. The molecule has 3 amide bonds. The Labute approximate surface area is 185 Å². The molecule has 1 aliphatic carbocycles. The lowest BCUT2D eigenvalue weighted by Crippen LogP contribution is -2.20. The van der Waals surface area contributed by atoms with Crippen molar-refractivity contribution in [1.82, 2.24) is 4.98 Å². The van der Waals surface area contributed by atoms with Gasteiger partial charge in [-0.05, 0) is 55.3 Å². The van der Waals surface area contributed by atoms with Gasteiger partial charge in [0.15, 0.2) is 6.61 Å². The maximum atomic E-state index is 12.3. The minimum absolute atomic E-state index is 0.00962. The van der Waals surface area contributed by atoms with Crippen LogP contribution in [-0.2, 0) is 9.59 Å². The third kappa shape index (κ3) is 5.91. The first-order chi connectivity index (χ1) is 15.6. The summed E-state index contributed by atoms with van der Waals surface area (Å²) in [4.78, 5) is 40.4. The molecule has 3 aromatic rings. The van der Waals surface area contributed by atoms with Gasteiger partial charge in [-0.15, -0.1) is 0 Å². The topological polar surface area (TPSA) is 109 Å². The fourth-order valence-electron chi connectivity index (χ4n) is 2.97. The number of anilines is 3. The summed E-state index contributed by atoms with van der Waals surface area (Å²) in [5.41, 5.74) is 2.13. The van der Waals surface area contributed by atoms with E-state index >= 15 is 0 Å². The molecule has 1 aromatic heterocycles. The van der Waals surface area contributed by atoms with Crippen molar-refractivity contribution >= 4 is 34.8 Å². The Morgan fingerprint density at radius 3 is 2.31 bits per heavy atom. The predicted octanol–water partition coefficient (Wildman–Crippen LogP) is 3.70. The lowest BCUT2D eigenvalue weighted by atomic mass is 10.2. The lowest BCUT2D eigenvalue weighted by molar-refractivity contribution is -0.118. The zero-order valence-corrected chi connectivity index (χ0v) is 17.2. The van der Waals surface area contributed by atoms with Gasteiger partial charge in [0.1, 0.15) is 5.75 Å². The second-order valence-electron chi connectivity index (χ2n) is 7.40. The Bertz CT molecular complexity index is 1130. The molecule has 2 aromatic carbocycles. The van der Waals surface area contributed by atoms with Gasteiger partial charge >= 0.3 is 0 Å². The zero-order chi connectivity index (χ0) is 22.3. The van der Waals surface area contributed by atoms with Crippen LogP contribution >= 0.6 is 0 Å². The molecule has 162 valence electrons. The molecule has 0 bridgehead atoms. The number of rotatable bonds is 8. The molecule has 1 fully saturated rings. The van der Waals surface area contributed by atoms with Crippen molar-refractivity contribution in [2.75, 3.05) is 22.6 Å². The average molecular weight is 430 g/mol. The minimum Gasteiger partial charge on any atom is -0.484 e. The maximum Gasteiger partial charge on any atom is 0.262 e. The van der Waals surface area contributed by atoms with Crippen LogP contribution in [0.3, 0.4) is 0 Å². The van der Waals surface area contributed by atoms with Gasteiger partial charge in [0.2, 0.25) is 5.91 Å². The van der Waals surface area contributed by atoms with Crippen LogP contribution in [-0.4, -0.2) is 29.3 Å². The van der Waals surface area contributed by atoms with Gasteiger partial charge in [-0.3, -0.25) is 19.4 Å². The molecule has 8 nitrogen and oxygen atoms in total. The van der Waals surface area contributed by atoms with Crippen LogP contribution in [0.4, 0.5) is 17.1 Å². The van der Waals surface area contributed by atoms with Crippen LogP contribution in [0.15, 0.2) is 73.1 Å². The fraction of sp³-hybridized carbons (Fsp3) is 0.167. The molecule has 32 heavy (non-hydrogen) atoms. The number of ether oxygens (including phenoxy) is 1. The normalized spacial score (nSPS) is 12.5. The van der Waals surface area contributed by atoms with E-state index in [1.807, 2.05) is 0 Å². The third-order valence-electron chi connectivity index (χ3n) is 4.75. The molecule has 0 spiro atoms. The van der Waals surface area contributed by atoms with Crippen LogP contribution in [0, 0.1) is 5.92 Å². The molecular weight excluding hydrogens is 408 g/mol. The Morgan fingerprint density at radius 2 is 1.59 bits per heavy atom. The van der Waals surface area contributed by atoms with E-state index in [4.69, 9.17) is 4.74 Å². The van der Waals surface area contributed by atoms with Crippen molar-refractivity contribution in [3.8, 4) is 5.75 Å². The SMILES string of the molecule is O=C(COc1cccc(NC(=O)C2CC2)c1)Nc1cccc(NC(=O)c2cccnc2)c1. The van der Waals surface area contributed by atoms with Gasteiger partial charge < -0.3 is 20.7 Å². The van der Waals surface area contributed by atoms with E-state index in [0.717, 1.165) is 12.8 Å². The molecular formula is C24H22N4O4. The monoisotopic (exact) mass is 430 g/mol. The molecule has 0 radical (unpaired) electrons. The number of benzene rings is 2. The van der Waals surface area contributed by atoms with Gasteiger partial charge in [0.25, 0.3) is 11.8 Å². The summed E-state index contributed by atoms with van der Waals surface area (Å²) in [5, 5.41) is 8.35. The third-order valence-corrected chi connectivity index (χ3v) is 4.75. The molecule has 0 atom stereocenters. The minimum atomic E-state index is -0.354. The summed E-state index contributed by atoms with van der Waals surface area (Å²) in [7, 11) is 0. The van der Waals surface area contributed by atoms with Gasteiger partial charge in [0.05, 0.1) is 5.56 Å². The molecule has 0 saturated heterocycles. The van der Waals surface area contributed by atoms with Crippen molar-refractivity contribution in [3.05, 3.63) is 78.6 Å². The lowest BCUT2D eigenvalue weighted by Gasteiger charge is -2.11. The summed E-state index contributed by atoms with van der Waals surface area (Å²) >= 11 is 0. The summed E-state index contributed by atoms with van der Waals surface area (Å²) in [5.74, 6) is -0.0522. The zero-order valence-electron chi connectivity index (χ0n) is 17.2. The van der Waals surface area contributed by atoms with Crippen LogP contribution in [0.5, 0.6) is 5.75 Å². The molecule has 3 N–H and O–H groups in total. The van der Waals surface area contributed by atoms with E-state index in [1.54, 1.807) is 66.9 Å². The molecule has 1 heterocycles. The highest BCUT2D eigenvalue weighted by atomic mass is 16.5. The number of nitrogens with one attached hydrogen (secondary N) is 3. The quantitative estimate of drug-likeness (QED) is 0.505. The number of carbonyl (C=O) groups is 3. The summed E-state index contributed by atoms with van der Waals surface area (Å²) in [6.07, 6.45) is 4.92. The van der Waals surface area contributed by atoms with Crippen LogP contribution in [0.2, 0.25) is 0 Å².